The van der Waals surface area contributed by atoms with Gasteiger partial charge in [-0.3, -0.25) is 4.90 Å². The minimum absolute atomic E-state index is 0.0990. The molecule has 128 valence electrons. The first-order chi connectivity index (χ1) is 11.5. The molecular formula is C18H25N5O. The minimum Gasteiger partial charge on any atom is -0.331 e. The summed E-state index contributed by atoms with van der Waals surface area (Å²) >= 11 is 0. The first-order valence-corrected chi connectivity index (χ1v) is 8.32. The summed E-state index contributed by atoms with van der Waals surface area (Å²) in [6.07, 6.45) is 4.02. The second kappa shape index (κ2) is 7.05. The van der Waals surface area contributed by atoms with Crippen LogP contribution < -0.4 is 0 Å². The molecule has 0 N–H and O–H groups in total. The fourth-order valence-corrected chi connectivity index (χ4v) is 2.99. The van der Waals surface area contributed by atoms with Crippen molar-refractivity contribution in [2.45, 2.75) is 13.5 Å². The summed E-state index contributed by atoms with van der Waals surface area (Å²) in [6, 6.07) is 8.43. The predicted molar refractivity (Wildman–Crippen MR) is 94.2 cm³/mol. The normalized spacial score (nSPS) is 15.5. The van der Waals surface area contributed by atoms with E-state index in [0.717, 1.165) is 38.4 Å². The number of benzene rings is 1. The molecule has 2 amide bonds. The highest BCUT2D eigenvalue weighted by Crippen LogP contribution is 2.13. The lowest BCUT2D eigenvalue weighted by Crippen LogP contribution is -2.51. The van der Waals surface area contributed by atoms with Gasteiger partial charge < -0.3 is 9.80 Å². The number of amides is 2. The third kappa shape index (κ3) is 3.76. The van der Waals surface area contributed by atoms with E-state index in [1.54, 1.807) is 19.0 Å². The van der Waals surface area contributed by atoms with Crippen molar-refractivity contribution in [2.75, 3.05) is 40.3 Å². The molecule has 0 bridgehead atoms. The van der Waals surface area contributed by atoms with Gasteiger partial charge in [-0.25, -0.2) is 9.48 Å². The molecule has 1 aromatic carbocycles. The number of urea groups is 1. The van der Waals surface area contributed by atoms with E-state index in [9.17, 15) is 4.79 Å². The largest absolute Gasteiger partial charge is 0.331 e. The number of rotatable bonds is 3. The number of piperazine rings is 1. The van der Waals surface area contributed by atoms with Crippen molar-refractivity contribution >= 4 is 6.03 Å². The van der Waals surface area contributed by atoms with E-state index in [1.165, 1.54) is 11.1 Å². The van der Waals surface area contributed by atoms with Gasteiger partial charge in [0, 0.05) is 58.6 Å². The molecule has 2 heterocycles. The Morgan fingerprint density at radius 2 is 1.96 bits per heavy atom. The lowest BCUT2D eigenvalue weighted by atomic mass is 10.2. The molecule has 2 aromatic rings. The standard InChI is InChI=1S/C18H25N5O/c1-15-5-4-6-17(11-15)23-14-16(12-19-23)13-21-7-9-22(10-8-21)18(24)20(2)3/h4-6,11-12,14H,7-10,13H2,1-3H3. The number of carbonyl (C=O) groups is 1. The zero-order valence-electron chi connectivity index (χ0n) is 14.6. The lowest BCUT2D eigenvalue weighted by Gasteiger charge is -2.35. The van der Waals surface area contributed by atoms with Crippen molar-refractivity contribution in [1.82, 2.24) is 24.5 Å². The summed E-state index contributed by atoms with van der Waals surface area (Å²) in [5.74, 6) is 0. The van der Waals surface area contributed by atoms with E-state index >= 15 is 0 Å². The third-order valence-electron chi connectivity index (χ3n) is 4.33. The molecule has 3 rings (SSSR count). The fraction of sp³-hybridized carbons (Fsp3) is 0.444. The maximum absolute atomic E-state index is 12.0. The Balaban J connectivity index is 1.57. The maximum Gasteiger partial charge on any atom is 0.319 e. The molecule has 0 aliphatic carbocycles. The Bertz CT molecular complexity index is 701. The van der Waals surface area contributed by atoms with E-state index in [0.29, 0.717) is 0 Å². The Kier molecular flexibility index (Phi) is 4.85. The van der Waals surface area contributed by atoms with Gasteiger partial charge in [0.15, 0.2) is 0 Å². The van der Waals surface area contributed by atoms with E-state index in [2.05, 4.69) is 41.3 Å². The quantitative estimate of drug-likeness (QED) is 0.866. The smallest absolute Gasteiger partial charge is 0.319 e. The zero-order chi connectivity index (χ0) is 17.1. The van der Waals surface area contributed by atoms with Gasteiger partial charge in [0.05, 0.1) is 11.9 Å². The van der Waals surface area contributed by atoms with Crippen molar-refractivity contribution in [3.05, 3.63) is 47.8 Å². The van der Waals surface area contributed by atoms with Crippen LogP contribution in [0.3, 0.4) is 0 Å². The third-order valence-corrected chi connectivity index (χ3v) is 4.33. The molecule has 6 heteroatoms. The maximum atomic E-state index is 12.0. The summed E-state index contributed by atoms with van der Waals surface area (Å²) in [7, 11) is 3.60. The minimum atomic E-state index is 0.0990. The molecule has 0 radical (unpaired) electrons. The van der Waals surface area contributed by atoms with E-state index in [1.807, 2.05) is 21.8 Å². The van der Waals surface area contributed by atoms with Crippen LogP contribution in [0.1, 0.15) is 11.1 Å². The number of aryl methyl sites for hydroxylation is 1. The molecular weight excluding hydrogens is 302 g/mol. The molecule has 1 aromatic heterocycles. The molecule has 0 unspecified atom stereocenters. The van der Waals surface area contributed by atoms with Crippen LogP contribution in [0.2, 0.25) is 0 Å². The monoisotopic (exact) mass is 327 g/mol. The van der Waals surface area contributed by atoms with Crippen LogP contribution in [-0.4, -0.2) is 70.8 Å². The molecule has 1 aliphatic rings. The highest BCUT2D eigenvalue weighted by Gasteiger charge is 2.22. The molecule has 0 spiro atoms. The molecule has 1 aliphatic heterocycles. The van der Waals surface area contributed by atoms with Gasteiger partial charge in [-0.15, -0.1) is 0 Å². The van der Waals surface area contributed by atoms with Crippen molar-refractivity contribution in [3.63, 3.8) is 0 Å². The van der Waals surface area contributed by atoms with Gasteiger partial charge in [-0.2, -0.15) is 5.10 Å². The van der Waals surface area contributed by atoms with Crippen molar-refractivity contribution in [1.29, 1.82) is 0 Å². The average molecular weight is 327 g/mol. The highest BCUT2D eigenvalue weighted by atomic mass is 16.2. The van der Waals surface area contributed by atoms with E-state index in [4.69, 9.17) is 0 Å². The fourth-order valence-electron chi connectivity index (χ4n) is 2.99. The topological polar surface area (TPSA) is 44.6 Å². The Morgan fingerprint density at radius 1 is 1.21 bits per heavy atom. The highest BCUT2D eigenvalue weighted by molar-refractivity contribution is 5.73. The van der Waals surface area contributed by atoms with Crippen molar-refractivity contribution in [3.8, 4) is 5.69 Å². The predicted octanol–water partition coefficient (Wildman–Crippen LogP) is 1.98. The van der Waals surface area contributed by atoms with Gasteiger partial charge in [0.2, 0.25) is 0 Å². The van der Waals surface area contributed by atoms with Gasteiger partial charge in [-0.1, -0.05) is 12.1 Å². The number of aromatic nitrogens is 2. The second-order valence-electron chi connectivity index (χ2n) is 6.57. The summed E-state index contributed by atoms with van der Waals surface area (Å²) in [4.78, 5) is 17.9. The van der Waals surface area contributed by atoms with E-state index < -0.39 is 0 Å². The first-order valence-electron chi connectivity index (χ1n) is 8.32. The van der Waals surface area contributed by atoms with Crippen LogP contribution >= 0.6 is 0 Å². The van der Waals surface area contributed by atoms with E-state index in [-0.39, 0.29) is 6.03 Å². The Morgan fingerprint density at radius 3 is 2.62 bits per heavy atom. The summed E-state index contributed by atoms with van der Waals surface area (Å²) in [5, 5.41) is 4.48. The Hall–Kier alpha value is -2.34. The Labute approximate surface area is 143 Å². The number of hydrogen-bond acceptors (Lipinski definition) is 3. The van der Waals surface area contributed by atoms with Crippen molar-refractivity contribution in [2.24, 2.45) is 0 Å². The van der Waals surface area contributed by atoms with Crippen LogP contribution in [-0.2, 0) is 6.54 Å². The van der Waals surface area contributed by atoms with Gasteiger partial charge in [0.1, 0.15) is 0 Å². The first kappa shape index (κ1) is 16.5. The van der Waals surface area contributed by atoms with Crippen molar-refractivity contribution < 1.29 is 4.79 Å². The number of nitrogens with zero attached hydrogens (tertiary/aromatic N) is 5. The molecule has 6 nitrogen and oxygen atoms in total. The van der Waals surface area contributed by atoms with Crippen LogP contribution in [0.25, 0.3) is 5.69 Å². The van der Waals surface area contributed by atoms with Crippen LogP contribution in [0.15, 0.2) is 36.7 Å². The van der Waals surface area contributed by atoms with Gasteiger partial charge in [-0.05, 0) is 24.6 Å². The van der Waals surface area contributed by atoms with Crippen LogP contribution in [0, 0.1) is 6.92 Å². The average Bonchev–Trinajstić information content (AvgIpc) is 3.03. The zero-order valence-corrected chi connectivity index (χ0v) is 14.6. The lowest BCUT2D eigenvalue weighted by molar-refractivity contribution is 0.120. The number of hydrogen-bond donors (Lipinski definition) is 0. The van der Waals surface area contributed by atoms with Crippen LogP contribution in [0.5, 0.6) is 0 Å². The molecule has 24 heavy (non-hydrogen) atoms. The molecule has 0 atom stereocenters. The SMILES string of the molecule is Cc1cccc(-n2cc(CN3CCN(C(=O)N(C)C)CC3)cn2)c1. The van der Waals surface area contributed by atoms with Gasteiger partial charge >= 0.3 is 6.03 Å². The molecule has 1 fully saturated rings. The molecule has 1 saturated heterocycles. The van der Waals surface area contributed by atoms with Crippen LogP contribution in [0.4, 0.5) is 4.79 Å². The summed E-state index contributed by atoms with van der Waals surface area (Å²) in [5.41, 5.74) is 3.51. The summed E-state index contributed by atoms with van der Waals surface area (Å²) in [6.45, 7) is 6.31. The summed E-state index contributed by atoms with van der Waals surface area (Å²) < 4.78 is 1.92. The molecule has 0 saturated carbocycles. The number of carbonyl (C=O) groups excluding carboxylic acids is 1. The second-order valence-corrected chi connectivity index (χ2v) is 6.57. The van der Waals surface area contributed by atoms with Gasteiger partial charge in [0.25, 0.3) is 0 Å².